The summed E-state index contributed by atoms with van der Waals surface area (Å²) < 4.78 is 18.1. The smallest absolute Gasteiger partial charge is 0.328 e. The van der Waals surface area contributed by atoms with Crippen molar-refractivity contribution in [1.82, 2.24) is 15.0 Å². The maximum Gasteiger partial charge on any atom is 0.328 e. The molecule has 0 bridgehead atoms. The lowest BCUT2D eigenvalue weighted by Crippen LogP contribution is -2.06. The lowest BCUT2D eigenvalue weighted by Gasteiger charge is -2.06. The van der Waals surface area contributed by atoms with Crippen LogP contribution in [0.1, 0.15) is 13.3 Å². The molecule has 1 aromatic heterocycles. The highest BCUT2D eigenvalue weighted by atomic mass is 35.5. The third kappa shape index (κ3) is 4.03. The molecule has 19 heavy (non-hydrogen) atoms. The molecule has 0 aliphatic rings. The maximum absolute atomic E-state index is 12.8. The predicted molar refractivity (Wildman–Crippen MR) is 70.1 cm³/mol. The Morgan fingerprint density at radius 1 is 1.21 bits per heavy atom. The third-order valence-electron chi connectivity index (χ3n) is 2.14. The Hall–Kier alpha value is -1.95. The molecule has 0 saturated carbocycles. The van der Waals surface area contributed by atoms with Gasteiger partial charge in [0.15, 0.2) is 0 Å². The predicted octanol–water partition coefficient (Wildman–Crippen LogP) is 3.28. The van der Waals surface area contributed by atoms with Crippen LogP contribution < -0.4 is 10.1 Å². The molecule has 0 saturated heterocycles. The van der Waals surface area contributed by atoms with Crippen LogP contribution in [0.2, 0.25) is 5.28 Å². The highest BCUT2D eigenvalue weighted by Gasteiger charge is 2.07. The zero-order valence-corrected chi connectivity index (χ0v) is 11.0. The fraction of sp³-hybridized carbons (Fsp3) is 0.250. The van der Waals surface area contributed by atoms with Crippen LogP contribution in [-0.4, -0.2) is 21.5 Å². The van der Waals surface area contributed by atoms with E-state index >= 15 is 0 Å². The zero-order valence-electron chi connectivity index (χ0n) is 10.2. The Bertz CT molecular complexity index is 550. The van der Waals surface area contributed by atoms with E-state index in [-0.39, 0.29) is 17.1 Å². The number of nitrogens with one attached hydrogen (secondary N) is 1. The molecule has 1 N–H and O–H groups in total. The van der Waals surface area contributed by atoms with E-state index < -0.39 is 0 Å². The number of nitrogens with zero attached hydrogens (tertiary/aromatic N) is 3. The molecular weight excluding hydrogens is 271 g/mol. The van der Waals surface area contributed by atoms with Gasteiger partial charge in [-0.05, 0) is 42.3 Å². The Morgan fingerprint density at radius 3 is 2.63 bits per heavy atom. The first kappa shape index (κ1) is 13.5. The Morgan fingerprint density at radius 2 is 1.95 bits per heavy atom. The first-order valence-electron chi connectivity index (χ1n) is 5.76. The Kier molecular flexibility index (Phi) is 4.46. The molecule has 5 nitrogen and oxygen atoms in total. The summed E-state index contributed by atoms with van der Waals surface area (Å²) in [5, 5.41) is 3.02. The number of ether oxygens (including phenoxy) is 1. The second-order valence-corrected chi connectivity index (χ2v) is 4.03. The molecule has 1 heterocycles. The summed E-state index contributed by atoms with van der Waals surface area (Å²) in [6.07, 6.45) is 0.928. The van der Waals surface area contributed by atoms with E-state index in [1.54, 1.807) is 0 Å². The van der Waals surface area contributed by atoms with E-state index in [1.807, 2.05) is 6.92 Å². The van der Waals surface area contributed by atoms with Crippen LogP contribution in [0.3, 0.4) is 0 Å². The monoisotopic (exact) mass is 282 g/mol. The molecule has 0 aliphatic heterocycles. The summed E-state index contributed by atoms with van der Waals surface area (Å²) in [6.45, 7) is 2.74. The second kappa shape index (κ2) is 6.29. The van der Waals surface area contributed by atoms with Crippen molar-refractivity contribution < 1.29 is 9.13 Å². The molecule has 0 amide bonds. The van der Waals surface area contributed by atoms with E-state index in [9.17, 15) is 4.39 Å². The molecule has 0 aliphatic carbocycles. The van der Waals surface area contributed by atoms with Gasteiger partial charge in [0, 0.05) is 6.54 Å². The second-order valence-electron chi connectivity index (χ2n) is 3.69. The van der Waals surface area contributed by atoms with E-state index in [2.05, 4.69) is 20.3 Å². The number of hydrogen-bond donors (Lipinski definition) is 1. The molecule has 7 heteroatoms. The fourth-order valence-corrected chi connectivity index (χ4v) is 1.45. The van der Waals surface area contributed by atoms with Gasteiger partial charge in [-0.2, -0.15) is 15.0 Å². The van der Waals surface area contributed by atoms with Gasteiger partial charge in [0.2, 0.25) is 11.2 Å². The molecule has 0 unspecified atom stereocenters. The van der Waals surface area contributed by atoms with Crippen molar-refractivity contribution in [2.45, 2.75) is 13.3 Å². The topological polar surface area (TPSA) is 59.9 Å². The minimum atomic E-state index is -0.341. The van der Waals surface area contributed by atoms with Crippen LogP contribution in [0.5, 0.6) is 11.8 Å². The van der Waals surface area contributed by atoms with Crippen molar-refractivity contribution in [3.05, 3.63) is 35.4 Å². The van der Waals surface area contributed by atoms with Crippen molar-refractivity contribution in [3.8, 4) is 11.8 Å². The van der Waals surface area contributed by atoms with Crippen LogP contribution in [0.4, 0.5) is 10.3 Å². The van der Waals surface area contributed by atoms with Gasteiger partial charge in [-0.3, -0.25) is 0 Å². The normalized spacial score (nSPS) is 10.3. The van der Waals surface area contributed by atoms with Gasteiger partial charge in [-0.25, -0.2) is 4.39 Å². The van der Waals surface area contributed by atoms with Crippen LogP contribution in [0.15, 0.2) is 24.3 Å². The van der Waals surface area contributed by atoms with E-state index in [0.29, 0.717) is 11.7 Å². The largest absolute Gasteiger partial charge is 0.424 e. The standard InChI is InChI=1S/C12H12ClFN4O/c1-2-7-15-11-16-10(13)17-12(18-11)19-9-5-3-8(14)4-6-9/h3-6H,2,7H2,1H3,(H,15,16,17,18). The summed E-state index contributed by atoms with van der Waals surface area (Å²) in [6, 6.07) is 5.59. The zero-order chi connectivity index (χ0) is 13.7. The minimum absolute atomic E-state index is 0.0331. The molecule has 0 radical (unpaired) electrons. The van der Waals surface area contributed by atoms with E-state index in [0.717, 1.165) is 13.0 Å². The number of rotatable bonds is 5. The van der Waals surface area contributed by atoms with Crippen LogP contribution in [0, 0.1) is 5.82 Å². The molecular formula is C12H12ClFN4O. The first-order chi connectivity index (χ1) is 9.17. The number of hydrogen-bond acceptors (Lipinski definition) is 5. The lowest BCUT2D eigenvalue weighted by molar-refractivity contribution is 0.439. The summed E-state index contributed by atoms with van der Waals surface area (Å²) >= 11 is 5.78. The van der Waals surface area contributed by atoms with Crippen molar-refractivity contribution >= 4 is 17.5 Å². The summed E-state index contributed by atoms with van der Waals surface area (Å²) in [5.41, 5.74) is 0. The van der Waals surface area contributed by atoms with Gasteiger partial charge in [0.05, 0.1) is 0 Å². The average Bonchev–Trinajstić information content (AvgIpc) is 2.38. The van der Waals surface area contributed by atoms with Crippen LogP contribution >= 0.6 is 11.6 Å². The summed E-state index contributed by atoms with van der Waals surface area (Å²) in [4.78, 5) is 11.8. The van der Waals surface area contributed by atoms with Gasteiger partial charge in [-0.15, -0.1) is 0 Å². The van der Waals surface area contributed by atoms with Gasteiger partial charge in [0.25, 0.3) is 0 Å². The summed E-state index contributed by atoms with van der Waals surface area (Å²) in [7, 11) is 0. The molecule has 2 rings (SSSR count). The number of anilines is 1. The van der Waals surface area contributed by atoms with Crippen molar-refractivity contribution in [2.75, 3.05) is 11.9 Å². The van der Waals surface area contributed by atoms with Crippen LogP contribution in [-0.2, 0) is 0 Å². The van der Waals surface area contributed by atoms with Gasteiger partial charge in [-0.1, -0.05) is 6.92 Å². The molecule has 0 spiro atoms. The molecule has 2 aromatic rings. The van der Waals surface area contributed by atoms with Crippen molar-refractivity contribution in [3.63, 3.8) is 0 Å². The van der Waals surface area contributed by atoms with Crippen LogP contribution in [0.25, 0.3) is 0 Å². The lowest BCUT2D eigenvalue weighted by atomic mass is 10.3. The highest BCUT2D eigenvalue weighted by Crippen LogP contribution is 2.20. The molecule has 0 fully saturated rings. The third-order valence-corrected chi connectivity index (χ3v) is 2.31. The van der Waals surface area contributed by atoms with E-state index in [4.69, 9.17) is 16.3 Å². The average molecular weight is 283 g/mol. The van der Waals surface area contributed by atoms with Crippen molar-refractivity contribution in [1.29, 1.82) is 0 Å². The number of benzene rings is 1. The van der Waals surface area contributed by atoms with Gasteiger partial charge in [0.1, 0.15) is 11.6 Å². The molecule has 0 atom stereocenters. The molecule has 100 valence electrons. The number of halogens is 2. The first-order valence-corrected chi connectivity index (χ1v) is 6.14. The maximum atomic E-state index is 12.8. The quantitative estimate of drug-likeness (QED) is 0.912. The number of aromatic nitrogens is 3. The Balaban J connectivity index is 2.15. The van der Waals surface area contributed by atoms with Gasteiger partial charge < -0.3 is 10.1 Å². The minimum Gasteiger partial charge on any atom is -0.424 e. The Labute approximate surface area is 114 Å². The van der Waals surface area contributed by atoms with Gasteiger partial charge >= 0.3 is 6.01 Å². The van der Waals surface area contributed by atoms with Crippen molar-refractivity contribution in [2.24, 2.45) is 0 Å². The molecule has 1 aromatic carbocycles. The SMILES string of the molecule is CCCNc1nc(Cl)nc(Oc2ccc(F)cc2)n1. The van der Waals surface area contributed by atoms with E-state index in [1.165, 1.54) is 24.3 Å². The fourth-order valence-electron chi connectivity index (χ4n) is 1.30. The summed E-state index contributed by atoms with van der Waals surface area (Å²) in [5.74, 6) is 0.426. The highest BCUT2D eigenvalue weighted by molar-refractivity contribution is 6.28.